The summed E-state index contributed by atoms with van der Waals surface area (Å²) in [6, 6.07) is 8.97. The van der Waals surface area contributed by atoms with Crippen LogP contribution in [0.4, 0.5) is 0 Å². The first kappa shape index (κ1) is 24.3. The van der Waals surface area contributed by atoms with Crippen LogP contribution < -0.4 is 8.32 Å². The molecule has 1 atom stereocenters. The first-order valence-corrected chi connectivity index (χ1v) is 18.4. The van der Waals surface area contributed by atoms with Crippen LogP contribution in [0.1, 0.15) is 73.1 Å². The van der Waals surface area contributed by atoms with E-state index in [1.165, 1.54) is 58.8 Å². The second-order valence-electron chi connectivity index (χ2n) is 7.85. The number of hydrogen-bond acceptors (Lipinski definition) is 3. The Morgan fingerprint density at radius 3 is 1.81 bits per heavy atom. The molecule has 154 valence electrons. The van der Waals surface area contributed by atoms with Crippen LogP contribution in [0.5, 0.6) is 5.75 Å². The summed E-state index contributed by atoms with van der Waals surface area (Å²) in [4.78, 5) is 10.9. The van der Waals surface area contributed by atoms with E-state index in [4.69, 9.17) is 9.47 Å². The van der Waals surface area contributed by atoms with Crippen molar-refractivity contribution in [3.8, 4) is 5.75 Å². The third-order valence-electron chi connectivity index (χ3n) is 5.35. The summed E-state index contributed by atoms with van der Waals surface area (Å²) in [6.07, 6.45) is 7.89. The van der Waals surface area contributed by atoms with Crippen LogP contribution in [0.2, 0.25) is 13.3 Å². The molecule has 0 amide bonds. The Hall–Kier alpha value is -0.711. The number of unbranched alkanes of at least 4 members (excludes halogenated alkanes) is 3. The molecule has 0 aliphatic heterocycles. The van der Waals surface area contributed by atoms with Gasteiger partial charge in [-0.2, -0.15) is 0 Å². The SMILES string of the molecule is CCC[CH2][Sn]([CH2]CCC)([CH2]CCC)[c]1ccc(O[C@H](C)COC(C)=O)cc1. The summed E-state index contributed by atoms with van der Waals surface area (Å²) in [7, 11) is 0. The molecule has 0 aliphatic carbocycles. The topological polar surface area (TPSA) is 35.5 Å². The molecule has 0 spiro atoms. The van der Waals surface area contributed by atoms with Crippen molar-refractivity contribution in [2.24, 2.45) is 0 Å². The molecule has 0 aromatic heterocycles. The summed E-state index contributed by atoms with van der Waals surface area (Å²) >= 11 is -2.35. The van der Waals surface area contributed by atoms with Gasteiger partial charge in [0, 0.05) is 0 Å². The number of hydrogen-bond donors (Lipinski definition) is 0. The van der Waals surface area contributed by atoms with E-state index in [0.29, 0.717) is 6.61 Å². The van der Waals surface area contributed by atoms with E-state index in [1.807, 2.05) is 6.92 Å². The monoisotopic (exact) mass is 484 g/mol. The molecule has 3 nitrogen and oxygen atoms in total. The average Bonchev–Trinajstić information content (AvgIpc) is 2.67. The third-order valence-corrected chi connectivity index (χ3v) is 21.0. The second-order valence-corrected chi connectivity index (χ2v) is 21.1. The molecule has 0 N–H and O–H groups in total. The molecule has 0 saturated heterocycles. The van der Waals surface area contributed by atoms with E-state index in [9.17, 15) is 4.79 Å². The third kappa shape index (κ3) is 8.89. The second kappa shape index (κ2) is 13.5. The predicted molar refractivity (Wildman–Crippen MR) is 118 cm³/mol. The standard InChI is InChI=1S/C11H13O3.3C4H9.Sn/c1-9(8-13-10(2)12)14-11-6-4-3-5-7-11;3*1-3-4-2;/h4-7,9H,8H2,1-2H3;3*1,3-4H2,2H3;/t9-;;;;/m1..../s1. The van der Waals surface area contributed by atoms with Gasteiger partial charge in [-0.05, 0) is 0 Å². The molecule has 1 aromatic rings. The average molecular weight is 483 g/mol. The van der Waals surface area contributed by atoms with E-state index in [2.05, 4.69) is 45.0 Å². The number of carbonyl (C=O) groups excluding carboxylic acids is 1. The van der Waals surface area contributed by atoms with Crippen LogP contribution >= 0.6 is 0 Å². The van der Waals surface area contributed by atoms with Crippen LogP contribution in [0.15, 0.2) is 24.3 Å². The van der Waals surface area contributed by atoms with Gasteiger partial charge in [0.15, 0.2) is 0 Å². The molecular formula is C23H40O3Sn. The molecule has 0 bridgehead atoms. The molecule has 0 aliphatic rings. The van der Waals surface area contributed by atoms with E-state index >= 15 is 0 Å². The first-order chi connectivity index (χ1) is 13.0. The van der Waals surface area contributed by atoms with Gasteiger partial charge >= 0.3 is 171 Å². The maximum atomic E-state index is 10.9. The van der Waals surface area contributed by atoms with Crippen LogP contribution in [0.3, 0.4) is 0 Å². The van der Waals surface area contributed by atoms with Gasteiger partial charge in [-0.1, -0.05) is 0 Å². The van der Waals surface area contributed by atoms with Crippen LogP contribution in [0, 0.1) is 0 Å². The van der Waals surface area contributed by atoms with Gasteiger partial charge in [0.05, 0.1) is 0 Å². The van der Waals surface area contributed by atoms with Gasteiger partial charge in [0.2, 0.25) is 0 Å². The Kier molecular flexibility index (Phi) is 12.1. The van der Waals surface area contributed by atoms with Crippen molar-refractivity contribution in [1.82, 2.24) is 0 Å². The van der Waals surface area contributed by atoms with Crippen LogP contribution in [0.25, 0.3) is 0 Å². The zero-order valence-corrected chi connectivity index (χ0v) is 21.0. The minimum absolute atomic E-state index is 0.131. The molecule has 0 saturated carbocycles. The minimum atomic E-state index is -2.35. The fraction of sp³-hybridized carbons (Fsp3) is 0.696. The summed E-state index contributed by atoms with van der Waals surface area (Å²) in [5.74, 6) is 0.613. The predicted octanol–water partition coefficient (Wildman–Crippen LogP) is 6.07. The quantitative estimate of drug-likeness (QED) is 0.238. The Balaban J connectivity index is 2.92. The van der Waals surface area contributed by atoms with Crippen molar-refractivity contribution in [1.29, 1.82) is 0 Å². The molecule has 0 unspecified atom stereocenters. The summed E-state index contributed by atoms with van der Waals surface area (Å²) < 4.78 is 17.1. The fourth-order valence-electron chi connectivity index (χ4n) is 3.74. The Morgan fingerprint density at radius 1 is 0.926 bits per heavy atom. The van der Waals surface area contributed by atoms with Crippen molar-refractivity contribution in [3.05, 3.63) is 24.3 Å². The molecule has 27 heavy (non-hydrogen) atoms. The molecule has 0 heterocycles. The van der Waals surface area contributed by atoms with Gasteiger partial charge in [-0.3, -0.25) is 0 Å². The summed E-state index contributed by atoms with van der Waals surface area (Å²) in [5, 5.41) is 0. The zero-order valence-electron chi connectivity index (χ0n) is 18.2. The molecule has 4 heteroatoms. The van der Waals surface area contributed by atoms with Crippen molar-refractivity contribution < 1.29 is 14.3 Å². The van der Waals surface area contributed by atoms with E-state index in [1.54, 1.807) is 3.58 Å². The van der Waals surface area contributed by atoms with Gasteiger partial charge in [0.1, 0.15) is 0 Å². The van der Waals surface area contributed by atoms with Crippen molar-refractivity contribution >= 4 is 27.9 Å². The van der Waals surface area contributed by atoms with Gasteiger partial charge in [-0.25, -0.2) is 0 Å². The molecule has 0 fully saturated rings. The van der Waals surface area contributed by atoms with Crippen LogP contribution in [-0.4, -0.2) is 37.1 Å². The van der Waals surface area contributed by atoms with E-state index in [-0.39, 0.29) is 12.1 Å². The maximum absolute atomic E-state index is 10.9. The van der Waals surface area contributed by atoms with Crippen LogP contribution in [-0.2, 0) is 9.53 Å². The molecule has 0 radical (unpaired) electrons. The summed E-state index contributed by atoms with van der Waals surface area (Å²) in [6.45, 7) is 10.6. The van der Waals surface area contributed by atoms with Gasteiger partial charge < -0.3 is 0 Å². The Morgan fingerprint density at radius 2 is 1.41 bits per heavy atom. The zero-order chi connectivity index (χ0) is 20.1. The van der Waals surface area contributed by atoms with Gasteiger partial charge in [0.25, 0.3) is 0 Å². The molecular weight excluding hydrogens is 443 g/mol. The molecule has 1 aromatic carbocycles. The van der Waals surface area contributed by atoms with Crippen molar-refractivity contribution in [2.75, 3.05) is 6.61 Å². The number of carbonyl (C=O) groups is 1. The number of ether oxygens (including phenoxy) is 2. The Labute approximate surface area is 171 Å². The van der Waals surface area contributed by atoms with E-state index < -0.39 is 18.4 Å². The Bertz CT molecular complexity index is 505. The number of benzene rings is 1. The molecule has 1 rings (SSSR count). The number of esters is 1. The first-order valence-electron chi connectivity index (χ1n) is 10.9. The van der Waals surface area contributed by atoms with E-state index in [0.717, 1.165) is 5.75 Å². The van der Waals surface area contributed by atoms with Gasteiger partial charge in [-0.15, -0.1) is 0 Å². The normalized spacial score (nSPS) is 12.6. The fourth-order valence-corrected chi connectivity index (χ4v) is 19.7. The van der Waals surface area contributed by atoms with Crippen molar-refractivity contribution in [2.45, 2.75) is 92.6 Å². The summed E-state index contributed by atoms with van der Waals surface area (Å²) in [5.41, 5.74) is 0. The number of rotatable bonds is 14. The van der Waals surface area contributed by atoms with Crippen molar-refractivity contribution in [3.63, 3.8) is 0 Å².